The molecule has 0 aromatic heterocycles. The average molecular weight is 254 g/mol. The molecular weight excluding hydrogens is 232 g/mol. The van der Waals surface area contributed by atoms with Crippen molar-refractivity contribution in [2.24, 2.45) is 0 Å². The van der Waals surface area contributed by atoms with Crippen LogP contribution in [0, 0.1) is 0 Å². The highest BCUT2D eigenvalue weighted by Crippen LogP contribution is 2.34. The normalized spacial score (nSPS) is 23.9. The van der Waals surface area contributed by atoms with Gasteiger partial charge in [0, 0.05) is 12.0 Å². The molecule has 1 N–H and O–H groups in total. The van der Waals surface area contributed by atoms with Gasteiger partial charge in [0.1, 0.15) is 0 Å². The van der Waals surface area contributed by atoms with Gasteiger partial charge in [-0.1, -0.05) is 30.4 Å². The van der Waals surface area contributed by atoms with E-state index in [1.54, 1.807) is 0 Å². The molecule has 0 radical (unpaired) electrons. The second kappa shape index (κ2) is 5.64. The molecule has 0 fully saturated rings. The van der Waals surface area contributed by atoms with Crippen LogP contribution in [0.15, 0.2) is 58.4 Å². The molecule has 0 aliphatic heterocycles. The van der Waals surface area contributed by atoms with Crippen LogP contribution < -0.4 is 0 Å². The van der Waals surface area contributed by atoms with Crippen LogP contribution in [0.1, 0.15) is 51.4 Å². The van der Waals surface area contributed by atoms with Gasteiger partial charge >= 0.3 is 0 Å². The van der Waals surface area contributed by atoms with E-state index in [0.717, 1.165) is 31.3 Å². The van der Waals surface area contributed by atoms with Crippen molar-refractivity contribution in [2.75, 3.05) is 0 Å². The zero-order chi connectivity index (χ0) is 13.1. The van der Waals surface area contributed by atoms with Gasteiger partial charge < -0.3 is 5.11 Å². The molecule has 3 aliphatic rings. The number of aliphatic hydroxyl groups is 1. The van der Waals surface area contributed by atoms with Crippen molar-refractivity contribution in [1.82, 2.24) is 0 Å². The highest BCUT2D eigenvalue weighted by atomic mass is 16.3. The fraction of sp³-hybridized carbons (Fsp3) is 0.444. The van der Waals surface area contributed by atoms with Crippen molar-refractivity contribution in [2.45, 2.75) is 51.4 Å². The summed E-state index contributed by atoms with van der Waals surface area (Å²) in [6.07, 6.45) is 20.4. The Bertz CT molecular complexity index is 512. The van der Waals surface area contributed by atoms with Gasteiger partial charge in [0.05, 0.1) is 5.76 Å². The lowest BCUT2D eigenvalue weighted by Gasteiger charge is -2.21. The first-order valence-corrected chi connectivity index (χ1v) is 7.54. The predicted octanol–water partition coefficient (Wildman–Crippen LogP) is 5.30. The second-order valence-corrected chi connectivity index (χ2v) is 5.64. The lowest BCUT2D eigenvalue weighted by atomic mass is 9.85. The summed E-state index contributed by atoms with van der Waals surface area (Å²) in [6.45, 7) is 0. The van der Waals surface area contributed by atoms with Crippen LogP contribution >= 0.6 is 0 Å². The number of aliphatic hydroxyl groups excluding tert-OH is 1. The molecule has 0 saturated heterocycles. The fourth-order valence-corrected chi connectivity index (χ4v) is 3.18. The van der Waals surface area contributed by atoms with E-state index in [9.17, 15) is 5.11 Å². The number of rotatable bonds is 2. The quantitative estimate of drug-likeness (QED) is 0.709. The van der Waals surface area contributed by atoms with Gasteiger partial charge in [-0.2, -0.15) is 0 Å². The molecule has 100 valence electrons. The van der Waals surface area contributed by atoms with E-state index in [2.05, 4.69) is 30.4 Å². The van der Waals surface area contributed by atoms with Crippen molar-refractivity contribution >= 4 is 0 Å². The van der Waals surface area contributed by atoms with Gasteiger partial charge in [-0.25, -0.2) is 0 Å². The summed E-state index contributed by atoms with van der Waals surface area (Å²) < 4.78 is 0. The molecule has 3 aliphatic carbocycles. The minimum atomic E-state index is 0.577. The second-order valence-electron chi connectivity index (χ2n) is 5.64. The lowest BCUT2D eigenvalue weighted by molar-refractivity contribution is 0.382. The summed E-state index contributed by atoms with van der Waals surface area (Å²) in [5.74, 6) is 0.577. The average Bonchev–Trinajstić information content (AvgIpc) is 2.49. The first-order chi connectivity index (χ1) is 9.34. The maximum absolute atomic E-state index is 10.1. The molecule has 0 aromatic carbocycles. The molecule has 0 atom stereocenters. The van der Waals surface area contributed by atoms with Crippen molar-refractivity contribution < 1.29 is 5.11 Å². The summed E-state index contributed by atoms with van der Waals surface area (Å²) >= 11 is 0. The third kappa shape index (κ3) is 2.75. The minimum Gasteiger partial charge on any atom is -0.512 e. The molecular formula is C18H22O. The summed E-state index contributed by atoms with van der Waals surface area (Å²) in [5.41, 5.74) is 5.31. The summed E-state index contributed by atoms with van der Waals surface area (Å²) in [7, 11) is 0. The van der Waals surface area contributed by atoms with Crippen molar-refractivity contribution in [1.29, 1.82) is 0 Å². The molecule has 1 heteroatoms. The van der Waals surface area contributed by atoms with E-state index >= 15 is 0 Å². The molecule has 1 nitrogen and oxygen atoms in total. The van der Waals surface area contributed by atoms with Crippen LogP contribution in [0.5, 0.6) is 0 Å². The Hall–Kier alpha value is -1.50. The SMILES string of the molecule is OC1=C(C2=CC(C3=CCCCC3)=CCC2)C=CCC1. The highest BCUT2D eigenvalue weighted by Gasteiger charge is 2.16. The smallest absolute Gasteiger partial charge is 0.1000 e. The lowest BCUT2D eigenvalue weighted by Crippen LogP contribution is -2.03. The van der Waals surface area contributed by atoms with Gasteiger partial charge in [-0.3, -0.25) is 0 Å². The molecule has 0 spiro atoms. The Kier molecular flexibility index (Phi) is 3.72. The minimum absolute atomic E-state index is 0.577. The number of allylic oxidation sites excluding steroid dienone is 10. The van der Waals surface area contributed by atoms with Gasteiger partial charge in [0.2, 0.25) is 0 Å². The van der Waals surface area contributed by atoms with Crippen LogP contribution in [0.4, 0.5) is 0 Å². The van der Waals surface area contributed by atoms with Crippen LogP contribution in [0.25, 0.3) is 0 Å². The third-order valence-corrected chi connectivity index (χ3v) is 4.26. The number of hydrogen-bond acceptors (Lipinski definition) is 1. The largest absolute Gasteiger partial charge is 0.512 e. The van der Waals surface area contributed by atoms with Gasteiger partial charge in [0.15, 0.2) is 0 Å². The standard InChI is InChI=1S/C18H22O/c19-18-12-5-4-11-17(18)16-10-6-9-15(13-16)14-7-2-1-3-8-14/h4,7,9,11,13,19H,1-3,5-6,8,10,12H2. The van der Waals surface area contributed by atoms with E-state index in [1.165, 1.54) is 42.4 Å². The van der Waals surface area contributed by atoms with Gasteiger partial charge in [-0.05, 0) is 61.7 Å². The Balaban J connectivity index is 1.87. The molecule has 0 heterocycles. The van der Waals surface area contributed by atoms with E-state index in [0.29, 0.717) is 5.76 Å². The zero-order valence-corrected chi connectivity index (χ0v) is 11.5. The molecule has 0 saturated carbocycles. The first-order valence-electron chi connectivity index (χ1n) is 7.54. The molecule has 0 amide bonds. The summed E-state index contributed by atoms with van der Waals surface area (Å²) in [6, 6.07) is 0. The van der Waals surface area contributed by atoms with Gasteiger partial charge in [0.25, 0.3) is 0 Å². The number of hydrogen-bond donors (Lipinski definition) is 1. The molecule has 0 bridgehead atoms. The van der Waals surface area contributed by atoms with Crippen LogP contribution in [-0.4, -0.2) is 5.11 Å². The molecule has 0 aromatic rings. The predicted molar refractivity (Wildman–Crippen MR) is 80.0 cm³/mol. The summed E-state index contributed by atoms with van der Waals surface area (Å²) in [5, 5.41) is 10.1. The zero-order valence-electron chi connectivity index (χ0n) is 11.5. The monoisotopic (exact) mass is 254 g/mol. The van der Waals surface area contributed by atoms with E-state index < -0.39 is 0 Å². The van der Waals surface area contributed by atoms with Gasteiger partial charge in [-0.15, -0.1) is 0 Å². The highest BCUT2D eigenvalue weighted by molar-refractivity contribution is 5.52. The van der Waals surface area contributed by atoms with Crippen molar-refractivity contribution in [3.63, 3.8) is 0 Å². The first kappa shape index (κ1) is 12.5. The topological polar surface area (TPSA) is 20.2 Å². The Morgan fingerprint density at radius 1 is 0.842 bits per heavy atom. The van der Waals surface area contributed by atoms with Crippen LogP contribution in [0.2, 0.25) is 0 Å². The maximum atomic E-state index is 10.1. The van der Waals surface area contributed by atoms with Crippen molar-refractivity contribution in [3.05, 3.63) is 58.4 Å². The Labute approximate surface area is 115 Å². The van der Waals surface area contributed by atoms with E-state index in [1.807, 2.05) is 0 Å². The molecule has 19 heavy (non-hydrogen) atoms. The maximum Gasteiger partial charge on any atom is 0.1000 e. The van der Waals surface area contributed by atoms with Crippen LogP contribution in [-0.2, 0) is 0 Å². The Morgan fingerprint density at radius 2 is 1.79 bits per heavy atom. The third-order valence-electron chi connectivity index (χ3n) is 4.26. The van der Waals surface area contributed by atoms with Crippen molar-refractivity contribution in [3.8, 4) is 0 Å². The van der Waals surface area contributed by atoms with E-state index in [4.69, 9.17) is 0 Å². The molecule has 3 rings (SSSR count). The Morgan fingerprint density at radius 3 is 2.58 bits per heavy atom. The summed E-state index contributed by atoms with van der Waals surface area (Å²) in [4.78, 5) is 0. The fourth-order valence-electron chi connectivity index (χ4n) is 3.18. The molecule has 0 unspecified atom stereocenters. The van der Waals surface area contributed by atoms with Crippen LogP contribution in [0.3, 0.4) is 0 Å². The van der Waals surface area contributed by atoms with E-state index in [-0.39, 0.29) is 0 Å².